The molecule has 0 bridgehead atoms. The maximum Gasteiger partial charge on any atom is 0.305 e. The topological polar surface area (TPSA) is 100 Å². The van der Waals surface area contributed by atoms with E-state index in [0.717, 1.165) is 0 Å². The Hall–Kier alpha value is -2.51. The molecule has 1 aromatic heterocycles. The summed E-state index contributed by atoms with van der Waals surface area (Å²) in [5, 5.41) is 3.16. The largest absolute Gasteiger partial charge is 0.459 e. The van der Waals surface area contributed by atoms with Gasteiger partial charge in [0.05, 0.1) is 16.8 Å². The third-order valence-electron chi connectivity index (χ3n) is 3.46. The van der Waals surface area contributed by atoms with Crippen molar-refractivity contribution in [1.29, 1.82) is 0 Å². The molecule has 0 aliphatic carbocycles. The van der Waals surface area contributed by atoms with Gasteiger partial charge in [-0.05, 0) is 36.2 Å². The fraction of sp³-hybridized carbons (Fsp3) is 0.235. The molecule has 0 fully saturated rings. The summed E-state index contributed by atoms with van der Waals surface area (Å²) in [5.74, 6) is -1.93. The van der Waals surface area contributed by atoms with Crippen LogP contribution in [0.4, 0.5) is 0 Å². The van der Waals surface area contributed by atoms with E-state index in [4.69, 9.17) is 27.6 Å². The molecule has 9 heteroatoms. The summed E-state index contributed by atoms with van der Waals surface area (Å²) in [7, 11) is 0. The molecule has 2 rings (SSSR count). The van der Waals surface area contributed by atoms with Gasteiger partial charge in [0, 0.05) is 5.02 Å². The summed E-state index contributed by atoms with van der Waals surface area (Å²) in [4.78, 5) is 36.5. The van der Waals surface area contributed by atoms with Crippen molar-refractivity contribution >= 4 is 40.9 Å². The highest BCUT2D eigenvalue weighted by molar-refractivity contribution is 6.36. The third kappa shape index (κ3) is 5.00. The van der Waals surface area contributed by atoms with Crippen LogP contribution in [-0.2, 0) is 4.79 Å². The number of hydrogen-bond donors (Lipinski definition) is 3. The Morgan fingerprint density at radius 2 is 1.77 bits per heavy atom. The molecule has 1 aromatic carbocycles. The van der Waals surface area contributed by atoms with Crippen LogP contribution in [-0.4, -0.2) is 23.8 Å². The summed E-state index contributed by atoms with van der Waals surface area (Å²) in [6, 6.07) is 6.53. The number of benzene rings is 1. The average Bonchev–Trinajstić information content (AvgIpc) is 3.11. The van der Waals surface area contributed by atoms with Crippen molar-refractivity contribution in [3.05, 3.63) is 58.0 Å². The molecule has 7 nitrogen and oxygen atoms in total. The first kappa shape index (κ1) is 19.8. The van der Waals surface area contributed by atoms with Crippen molar-refractivity contribution in [3.8, 4) is 0 Å². The maximum absolute atomic E-state index is 12.4. The summed E-state index contributed by atoms with van der Waals surface area (Å²) in [6.45, 7) is 3.50. The van der Waals surface area contributed by atoms with Crippen molar-refractivity contribution < 1.29 is 18.8 Å². The Labute approximate surface area is 160 Å². The number of nitrogens with one attached hydrogen (secondary N) is 3. The van der Waals surface area contributed by atoms with Gasteiger partial charge in [-0.25, -0.2) is 0 Å². The predicted molar refractivity (Wildman–Crippen MR) is 96.9 cm³/mol. The quantitative estimate of drug-likeness (QED) is 0.675. The molecule has 0 saturated carbocycles. The number of carbonyl (C=O) groups is 3. The van der Waals surface area contributed by atoms with Gasteiger partial charge in [-0.3, -0.25) is 25.2 Å². The van der Waals surface area contributed by atoms with Crippen molar-refractivity contribution in [2.75, 3.05) is 0 Å². The number of furan rings is 1. The van der Waals surface area contributed by atoms with Gasteiger partial charge in [-0.1, -0.05) is 37.0 Å². The highest BCUT2D eigenvalue weighted by Crippen LogP contribution is 2.21. The lowest BCUT2D eigenvalue weighted by molar-refractivity contribution is -0.124. The van der Waals surface area contributed by atoms with Crippen LogP contribution in [0.1, 0.15) is 34.8 Å². The smallest absolute Gasteiger partial charge is 0.305 e. The lowest BCUT2D eigenvalue weighted by Crippen LogP contribution is -2.54. The number of hydrazine groups is 1. The minimum absolute atomic E-state index is 0.0448. The fourth-order valence-electron chi connectivity index (χ4n) is 2.09. The van der Waals surface area contributed by atoms with Crippen molar-refractivity contribution in [1.82, 2.24) is 16.2 Å². The molecule has 138 valence electrons. The van der Waals surface area contributed by atoms with Crippen LogP contribution in [0.25, 0.3) is 0 Å². The zero-order valence-corrected chi connectivity index (χ0v) is 15.5. The van der Waals surface area contributed by atoms with Gasteiger partial charge in [0.1, 0.15) is 6.04 Å². The highest BCUT2D eigenvalue weighted by atomic mass is 35.5. The second kappa shape index (κ2) is 8.73. The third-order valence-corrected chi connectivity index (χ3v) is 4.00. The molecule has 0 aliphatic heterocycles. The van der Waals surface area contributed by atoms with Crippen LogP contribution in [0.5, 0.6) is 0 Å². The van der Waals surface area contributed by atoms with E-state index in [-0.39, 0.29) is 22.3 Å². The van der Waals surface area contributed by atoms with E-state index in [1.807, 2.05) is 0 Å². The first-order chi connectivity index (χ1) is 12.3. The minimum Gasteiger partial charge on any atom is -0.459 e. The lowest BCUT2D eigenvalue weighted by atomic mass is 10.0. The highest BCUT2D eigenvalue weighted by Gasteiger charge is 2.26. The molecule has 26 heavy (non-hydrogen) atoms. The normalized spacial score (nSPS) is 11.7. The summed E-state index contributed by atoms with van der Waals surface area (Å²) in [5.41, 5.74) is 4.68. The van der Waals surface area contributed by atoms with E-state index in [1.54, 1.807) is 19.9 Å². The first-order valence-corrected chi connectivity index (χ1v) is 8.44. The van der Waals surface area contributed by atoms with Crippen LogP contribution in [0, 0.1) is 5.92 Å². The molecule has 1 atom stereocenters. The molecular formula is C17H17Cl2N3O4. The molecule has 0 radical (unpaired) electrons. The maximum atomic E-state index is 12.4. The first-order valence-electron chi connectivity index (χ1n) is 7.69. The zero-order valence-electron chi connectivity index (χ0n) is 14.0. The van der Waals surface area contributed by atoms with Crippen LogP contribution in [0.3, 0.4) is 0 Å². The number of carbonyl (C=O) groups excluding carboxylic acids is 3. The van der Waals surface area contributed by atoms with E-state index in [1.165, 1.54) is 30.5 Å². The minimum atomic E-state index is -0.897. The molecule has 0 saturated heterocycles. The predicted octanol–water partition coefficient (Wildman–Crippen LogP) is 2.80. The number of hydrogen-bond acceptors (Lipinski definition) is 4. The summed E-state index contributed by atoms with van der Waals surface area (Å²) < 4.78 is 4.92. The van der Waals surface area contributed by atoms with Gasteiger partial charge in [0.15, 0.2) is 5.76 Å². The molecule has 0 unspecified atom stereocenters. The molecule has 3 N–H and O–H groups in total. The Morgan fingerprint density at radius 3 is 2.35 bits per heavy atom. The van der Waals surface area contributed by atoms with Crippen molar-refractivity contribution in [2.24, 2.45) is 5.92 Å². The lowest BCUT2D eigenvalue weighted by Gasteiger charge is -2.22. The van der Waals surface area contributed by atoms with E-state index < -0.39 is 23.8 Å². The SMILES string of the molecule is CC(C)[C@H](NC(=O)c1ccc(Cl)cc1Cl)C(=O)NNC(=O)c1ccco1. The Balaban J connectivity index is 2.02. The van der Waals surface area contributed by atoms with Crippen LogP contribution >= 0.6 is 23.2 Å². The Kier molecular flexibility index (Phi) is 6.65. The van der Waals surface area contributed by atoms with Gasteiger partial charge in [-0.15, -0.1) is 0 Å². The van der Waals surface area contributed by atoms with E-state index in [0.29, 0.717) is 5.02 Å². The van der Waals surface area contributed by atoms with Gasteiger partial charge < -0.3 is 9.73 Å². The van der Waals surface area contributed by atoms with Gasteiger partial charge in [0.25, 0.3) is 11.8 Å². The van der Waals surface area contributed by atoms with Gasteiger partial charge in [0.2, 0.25) is 0 Å². The van der Waals surface area contributed by atoms with Crippen LogP contribution in [0.15, 0.2) is 41.0 Å². The summed E-state index contributed by atoms with van der Waals surface area (Å²) in [6.07, 6.45) is 1.34. The molecule has 0 aliphatic rings. The van der Waals surface area contributed by atoms with Crippen LogP contribution < -0.4 is 16.2 Å². The Bertz CT molecular complexity index is 806. The molecule has 3 amide bonds. The Morgan fingerprint density at radius 1 is 1.04 bits per heavy atom. The molecular weight excluding hydrogens is 381 g/mol. The van der Waals surface area contributed by atoms with Gasteiger partial charge >= 0.3 is 5.91 Å². The zero-order chi connectivity index (χ0) is 19.3. The average molecular weight is 398 g/mol. The summed E-state index contributed by atoms with van der Waals surface area (Å²) >= 11 is 11.8. The van der Waals surface area contributed by atoms with E-state index in [2.05, 4.69) is 16.2 Å². The molecule has 2 aromatic rings. The van der Waals surface area contributed by atoms with Crippen molar-refractivity contribution in [2.45, 2.75) is 19.9 Å². The molecule has 1 heterocycles. The van der Waals surface area contributed by atoms with Gasteiger partial charge in [-0.2, -0.15) is 0 Å². The second-order valence-corrected chi connectivity index (χ2v) is 6.58. The standard InChI is InChI=1S/C17H17Cl2N3O4/c1-9(2)14(17(25)22-21-16(24)13-4-3-7-26-13)20-15(23)11-6-5-10(18)8-12(11)19/h3-9,14H,1-2H3,(H,20,23)(H,21,24)(H,22,25)/t14-/m0/s1. The van der Waals surface area contributed by atoms with E-state index in [9.17, 15) is 14.4 Å². The van der Waals surface area contributed by atoms with Crippen LogP contribution in [0.2, 0.25) is 10.0 Å². The second-order valence-electron chi connectivity index (χ2n) is 5.74. The molecule has 0 spiro atoms. The van der Waals surface area contributed by atoms with Crippen molar-refractivity contribution in [3.63, 3.8) is 0 Å². The fourth-order valence-corrected chi connectivity index (χ4v) is 2.59. The number of rotatable bonds is 5. The van der Waals surface area contributed by atoms with E-state index >= 15 is 0 Å². The number of halogens is 2. The monoisotopic (exact) mass is 397 g/mol. The number of amides is 3.